The van der Waals surface area contributed by atoms with Gasteiger partial charge in [0.1, 0.15) is 12.1 Å². The van der Waals surface area contributed by atoms with Crippen molar-refractivity contribution >= 4 is 5.90 Å². The van der Waals surface area contributed by atoms with Gasteiger partial charge in [-0.1, -0.05) is 78.9 Å². The largest absolute Gasteiger partial charge is 0.474 e. The molecule has 23 heavy (non-hydrogen) atoms. The zero-order valence-corrected chi connectivity index (χ0v) is 12.7. The summed E-state index contributed by atoms with van der Waals surface area (Å²) in [5.74, 6) is 0.707. The molecule has 0 fully saturated rings. The van der Waals surface area contributed by atoms with Crippen LogP contribution in [0.3, 0.4) is 0 Å². The van der Waals surface area contributed by atoms with Crippen LogP contribution in [0.2, 0.25) is 0 Å². The molecule has 1 aliphatic rings. The number of hydrogen-bond donors (Lipinski definition) is 0. The summed E-state index contributed by atoms with van der Waals surface area (Å²) in [6, 6.07) is 30.8. The quantitative estimate of drug-likeness (QED) is 0.702. The third-order valence-electron chi connectivity index (χ3n) is 4.23. The third-order valence-corrected chi connectivity index (χ3v) is 4.23. The van der Waals surface area contributed by atoms with Gasteiger partial charge in [-0.3, -0.25) is 0 Å². The van der Waals surface area contributed by atoms with Crippen LogP contribution in [0.25, 0.3) is 0 Å². The van der Waals surface area contributed by atoms with Crippen molar-refractivity contribution in [3.8, 4) is 0 Å². The van der Waals surface area contributed by atoms with Crippen LogP contribution in [0.5, 0.6) is 0 Å². The summed E-state index contributed by atoms with van der Waals surface area (Å²) < 4.78 is 6.01. The Morgan fingerprint density at radius 1 is 0.652 bits per heavy atom. The van der Waals surface area contributed by atoms with Crippen molar-refractivity contribution in [2.24, 2.45) is 4.99 Å². The minimum atomic E-state index is -0.478. The van der Waals surface area contributed by atoms with E-state index in [2.05, 4.69) is 48.5 Å². The van der Waals surface area contributed by atoms with E-state index in [-0.39, 0.29) is 0 Å². The lowest BCUT2D eigenvalue weighted by Gasteiger charge is -2.25. The minimum absolute atomic E-state index is 0.478. The lowest BCUT2D eigenvalue weighted by Crippen LogP contribution is -2.26. The maximum absolute atomic E-state index is 6.01. The van der Waals surface area contributed by atoms with E-state index < -0.39 is 5.54 Å². The van der Waals surface area contributed by atoms with E-state index in [0.29, 0.717) is 12.5 Å². The first kappa shape index (κ1) is 13.8. The van der Waals surface area contributed by atoms with Gasteiger partial charge in [0.05, 0.1) is 0 Å². The molecule has 0 aromatic heterocycles. The fourth-order valence-corrected chi connectivity index (χ4v) is 3.03. The Hall–Kier alpha value is -2.87. The summed E-state index contributed by atoms with van der Waals surface area (Å²) >= 11 is 0. The van der Waals surface area contributed by atoms with E-state index in [0.717, 1.165) is 16.7 Å². The molecule has 0 saturated heterocycles. The van der Waals surface area contributed by atoms with Gasteiger partial charge >= 0.3 is 0 Å². The molecule has 112 valence electrons. The molecule has 4 rings (SSSR count). The van der Waals surface area contributed by atoms with Gasteiger partial charge in [0.15, 0.2) is 0 Å². The second-order valence-electron chi connectivity index (χ2n) is 5.66. The number of benzene rings is 3. The first-order valence-electron chi connectivity index (χ1n) is 7.78. The van der Waals surface area contributed by atoms with E-state index in [9.17, 15) is 0 Å². The fourth-order valence-electron chi connectivity index (χ4n) is 3.03. The molecule has 2 nitrogen and oxygen atoms in total. The summed E-state index contributed by atoms with van der Waals surface area (Å²) in [7, 11) is 0. The highest BCUT2D eigenvalue weighted by Gasteiger charge is 2.40. The van der Waals surface area contributed by atoms with Crippen LogP contribution < -0.4 is 0 Å². The summed E-state index contributed by atoms with van der Waals surface area (Å²) in [6.07, 6.45) is 0. The van der Waals surface area contributed by atoms with Crippen molar-refractivity contribution in [3.05, 3.63) is 108 Å². The number of nitrogens with zero attached hydrogens (tertiary/aromatic N) is 1. The van der Waals surface area contributed by atoms with Crippen molar-refractivity contribution in [1.82, 2.24) is 0 Å². The maximum atomic E-state index is 6.01. The van der Waals surface area contributed by atoms with E-state index in [1.165, 1.54) is 0 Å². The Bertz CT molecular complexity index is 771. The standard InChI is InChI=1S/C21H17NO/c1-4-10-17(11-5-1)20-22-21(16-23-20,18-12-6-2-7-13-18)19-14-8-3-9-15-19/h1-15H,16H2. The normalized spacial score (nSPS) is 15.7. The summed E-state index contributed by atoms with van der Waals surface area (Å²) in [5, 5.41) is 0. The molecule has 0 amide bonds. The average molecular weight is 299 g/mol. The Kier molecular flexibility index (Phi) is 3.43. The van der Waals surface area contributed by atoms with Gasteiger partial charge < -0.3 is 4.74 Å². The number of ether oxygens (including phenoxy) is 1. The first-order valence-corrected chi connectivity index (χ1v) is 7.78. The lowest BCUT2D eigenvalue weighted by molar-refractivity contribution is 0.282. The van der Waals surface area contributed by atoms with Crippen molar-refractivity contribution < 1.29 is 4.74 Å². The SMILES string of the molecule is c1ccc(C2=NC(c3ccccc3)(c3ccccc3)CO2)cc1. The van der Waals surface area contributed by atoms with Crippen molar-refractivity contribution in [3.63, 3.8) is 0 Å². The Balaban J connectivity index is 1.87. The molecule has 3 aromatic carbocycles. The third kappa shape index (κ3) is 2.42. The smallest absolute Gasteiger partial charge is 0.217 e. The van der Waals surface area contributed by atoms with Crippen LogP contribution >= 0.6 is 0 Å². The molecule has 0 spiro atoms. The molecule has 1 aliphatic heterocycles. The van der Waals surface area contributed by atoms with Gasteiger partial charge in [0, 0.05) is 5.56 Å². The highest BCUT2D eigenvalue weighted by atomic mass is 16.5. The molecule has 0 radical (unpaired) electrons. The second kappa shape index (κ2) is 5.73. The molecular weight excluding hydrogens is 282 g/mol. The van der Waals surface area contributed by atoms with Crippen LogP contribution in [0, 0.1) is 0 Å². The second-order valence-corrected chi connectivity index (χ2v) is 5.66. The minimum Gasteiger partial charge on any atom is -0.474 e. The predicted molar refractivity (Wildman–Crippen MR) is 92.6 cm³/mol. The molecule has 0 atom stereocenters. The average Bonchev–Trinajstić information content (AvgIpc) is 3.11. The van der Waals surface area contributed by atoms with Crippen molar-refractivity contribution in [1.29, 1.82) is 0 Å². The predicted octanol–water partition coefficient (Wildman–Crippen LogP) is 4.41. The molecule has 0 unspecified atom stereocenters. The van der Waals surface area contributed by atoms with Crippen LogP contribution in [-0.2, 0) is 10.3 Å². The molecule has 0 aliphatic carbocycles. The van der Waals surface area contributed by atoms with Crippen molar-refractivity contribution in [2.45, 2.75) is 5.54 Å². The fraction of sp³-hybridized carbons (Fsp3) is 0.0952. The lowest BCUT2D eigenvalue weighted by atomic mass is 9.84. The Morgan fingerprint density at radius 3 is 1.65 bits per heavy atom. The van der Waals surface area contributed by atoms with Crippen LogP contribution in [0.4, 0.5) is 0 Å². The molecule has 1 heterocycles. The highest BCUT2D eigenvalue weighted by molar-refractivity contribution is 5.95. The van der Waals surface area contributed by atoms with E-state index >= 15 is 0 Å². The number of aliphatic imine (C=N–C) groups is 1. The van der Waals surface area contributed by atoms with Crippen LogP contribution in [-0.4, -0.2) is 12.5 Å². The van der Waals surface area contributed by atoms with Gasteiger partial charge in [0.2, 0.25) is 5.90 Å². The zero-order chi connectivity index (χ0) is 15.5. The maximum Gasteiger partial charge on any atom is 0.217 e. The molecule has 0 bridgehead atoms. The van der Waals surface area contributed by atoms with Gasteiger partial charge in [-0.25, -0.2) is 4.99 Å². The molecule has 3 aromatic rings. The Labute approximate surface area is 136 Å². The molecule has 2 heteroatoms. The topological polar surface area (TPSA) is 21.6 Å². The number of hydrogen-bond acceptors (Lipinski definition) is 2. The summed E-state index contributed by atoms with van der Waals surface area (Å²) in [4.78, 5) is 5.02. The van der Waals surface area contributed by atoms with Gasteiger partial charge in [-0.05, 0) is 23.3 Å². The number of rotatable bonds is 3. The summed E-state index contributed by atoms with van der Waals surface area (Å²) in [6.45, 7) is 0.519. The van der Waals surface area contributed by atoms with E-state index in [1.54, 1.807) is 0 Å². The Morgan fingerprint density at radius 2 is 1.13 bits per heavy atom. The molecular formula is C21H17NO. The monoisotopic (exact) mass is 299 g/mol. The van der Waals surface area contributed by atoms with Crippen LogP contribution in [0.1, 0.15) is 16.7 Å². The highest BCUT2D eigenvalue weighted by Crippen LogP contribution is 2.38. The van der Waals surface area contributed by atoms with E-state index in [4.69, 9.17) is 9.73 Å². The first-order chi connectivity index (χ1) is 11.4. The van der Waals surface area contributed by atoms with Crippen LogP contribution in [0.15, 0.2) is 96.0 Å². The zero-order valence-electron chi connectivity index (χ0n) is 12.7. The van der Waals surface area contributed by atoms with Gasteiger partial charge in [-0.2, -0.15) is 0 Å². The van der Waals surface area contributed by atoms with Gasteiger partial charge in [-0.15, -0.1) is 0 Å². The van der Waals surface area contributed by atoms with Gasteiger partial charge in [0.25, 0.3) is 0 Å². The van der Waals surface area contributed by atoms with E-state index in [1.807, 2.05) is 42.5 Å². The molecule has 0 N–H and O–H groups in total. The summed E-state index contributed by atoms with van der Waals surface area (Å²) in [5.41, 5.74) is 2.84. The molecule has 0 saturated carbocycles. The van der Waals surface area contributed by atoms with Crippen molar-refractivity contribution in [2.75, 3.05) is 6.61 Å².